The summed E-state index contributed by atoms with van der Waals surface area (Å²) in [5, 5.41) is 0. The molecule has 3 N–H and O–H groups in total. The van der Waals surface area contributed by atoms with E-state index < -0.39 is 10.3 Å². The molecule has 0 atom stereocenters. The Balaban J connectivity index is 0.00000144. The van der Waals surface area contributed by atoms with Gasteiger partial charge >= 0.3 is 61.7 Å². The number of rotatable bonds is 3. The molecule has 1 fully saturated rings. The van der Waals surface area contributed by atoms with Crippen LogP contribution in [0.5, 0.6) is 0 Å². The molecular weight excluding hydrogens is 219 g/mol. The molecule has 0 aromatic carbocycles. The van der Waals surface area contributed by atoms with E-state index in [1.54, 1.807) is 0 Å². The van der Waals surface area contributed by atoms with E-state index in [2.05, 4.69) is 5.43 Å². The Bertz CT molecular complexity index is 226. The third kappa shape index (κ3) is 7.40. The summed E-state index contributed by atoms with van der Waals surface area (Å²) < 4.78 is 28.9. The van der Waals surface area contributed by atoms with Crippen LogP contribution in [0.25, 0.3) is 0 Å². The molecule has 1 rings (SSSR count). The topological polar surface area (TPSA) is 78.4 Å². The average molecular weight is 234 g/mol. The van der Waals surface area contributed by atoms with Gasteiger partial charge in [-0.25, -0.2) is 5.43 Å². The van der Waals surface area contributed by atoms with Crippen molar-refractivity contribution in [3.05, 3.63) is 0 Å². The summed E-state index contributed by atoms with van der Waals surface area (Å²) in [5.41, 5.74) is 2.57. The van der Waals surface area contributed by atoms with Gasteiger partial charge in [0.2, 0.25) is 0 Å². The molecule has 0 aromatic rings. The first-order valence-electron chi connectivity index (χ1n) is 4.08. The molecule has 5 nitrogen and oxygen atoms in total. The second kappa shape index (κ2) is 6.86. The van der Waals surface area contributed by atoms with Crippen molar-refractivity contribution in [2.45, 2.75) is 38.1 Å². The van der Waals surface area contributed by atoms with Crippen molar-refractivity contribution in [2.75, 3.05) is 0 Å². The van der Waals surface area contributed by atoms with Gasteiger partial charge in [-0.1, -0.05) is 19.3 Å². The number of hydrogen-bond donors (Lipinski definition) is 3. The fourth-order valence-corrected chi connectivity index (χ4v) is 1.72. The third-order valence-corrected chi connectivity index (χ3v) is 2.37. The Morgan fingerprint density at radius 3 is 2.15 bits per heavy atom. The van der Waals surface area contributed by atoms with E-state index in [4.69, 9.17) is 4.55 Å². The molecule has 0 amide bonds. The minimum atomic E-state index is -4.08. The van der Waals surface area contributed by atoms with Crippen molar-refractivity contribution in [3.63, 3.8) is 0 Å². The SMILES string of the molecule is O=S(=O)(O)NNC1CCCCC1.[KH]. The van der Waals surface area contributed by atoms with E-state index in [0.717, 1.165) is 25.7 Å². The van der Waals surface area contributed by atoms with Gasteiger partial charge in [-0.05, 0) is 12.8 Å². The van der Waals surface area contributed by atoms with Crippen LogP contribution < -0.4 is 10.3 Å². The summed E-state index contributed by atoms with van der Waals surface area (Å²) >= 11 is 0. The molecule has 13 heavy (non-hydrogen) atoms. The number of nitrogens with one attached hydrogen (secondary N) is 2. The Hall–Kier alpha value is 1.47. The second-order valence-corrected chi connectivity index (χ2v) is 4.21. The normalized spacial score (nSPS) is 19.5. The standard InChI is InChI=1S/C6H14N2O3S.K.H/c9-12(10,11)8-7-6-4-2-1-3-5-6;;/h6-8H,1-5H2,(H,9,10,11);;. The maximum atomic E-state index is 10.3. The van der Waals surface area contributed by atoms with Gasteiger partial charge in [0.25, 0.3) is 0 Å². The number of hydrogen-bond acceptors (Lipinski definition) is 3. The summed E-state index contributed by atoms with van der Waals surface area (Å²) in [6, 6.07) is 0.167. The molecule has 0 bridgehead atoms. The zero-order chi connectivity index (χ0) is 9.03. The molecule has 0 unspecified atom stereocenters. The van der Waals surface area contributed by atoms with Crippen LogP contribution in [0.2, 0.25) is 0 Å². The van der Waals surface area contributed by atoms with Crippen molar-refractivity contribution in [1.29, 1.82) is 0 Å². The van der Waals surface area contributed by atoms with Crippen LogP contribution in [0.15, 0.2) is 0 Å². The van der Waals surface area contributed by atoms with Crippen LogP contribution in [-0.4, -0.2) is 70.4 Å². The second-order valence-electron chi connectivity index (χ2n) is 3.06. The van der Waals surface area contributed by atoms with Gasteiger partial charge in [0.1, 0.15) is 0 Å². The van der Waals surface area contributed by atoms with Crippen molar-refractivity contribution in [2.24, 2.45) is 0 Å². The summed E-state index contributed by atoms with van der Waals surface area (Å²) in [7, 11) is -4.08. The summed E-state index contributed by atoms with van der Waals surface area (Å²) in [6.07, 6.45) is 5.37. The van der Waals surface area contributed by atoms with E-state index in [-0.39, 0.29) is 57.4 Å². The Kier molecular flexibility index (Phi) is 7.63. The first-order chi connectivity index (χ1) is 5.58. The Morgan fingerprint density at radius 2 is 1.69 bits per heavy atom. The van der Waals surface area contributed by atoms with Gasteiger partial charge < -0.3 is 0 Å². The first kappa shape index (κ1) is 14.5. The first-order valence-corrected chi connectivity index (χ1v) is 5.52. The van der Waals surface area contributed by atoms with E-state index in [9.17, 15) is 8.42 Å². The molecule has 7 heteroatoms. The van der Waals surface area contributed by atoms with Gasteiger partial charge in [-0.2, -0.15) is 8.42 Å². The zero-order valence-corrected chi connectivity index (χ0v) is 7.60. The Labute approximate surface area is 121 Å². The fraction of sp³-hybridized carbons (Fsp3) is 1.00. The molecule has 0 heterocycles. The van der Waals surface area contributed by atoms with Gasteiger partial charge in [0.05, 0.1) is 0 Å². The third-order valence-electron chi connectivity index (χ3n) is 2.00. The minimum absolute atomic E-state index is 0. The molecule has 0 radical (unpaired) electrons. The number of hydrazine groups is 1. The van der Waals surface area contributed by atoms with Gasteiger partial charge in [-0.15, -0.1) is 4.83 Å². The van der Waals surface area contributed by atoms with Crippen molar-refractivity contribution in [1.82, 2.24) is 10.3 Å². The fourth-order valence-electron chi connectivity index (χ4n) is 1.40. The summed E-state index contributed by atoms with van der Waals surface area (Å²) in [5.74, 6) is 0. The zero-order valence-electron chi connectivity index (χ0n) is 6.78. The Morgan fingerprint density at radius 1 is 1.15 bits per heavy atom. The van der Waals surface area contributed by atoms with E-state index >= 15 is 0 Å². The van der Waals surface area contributed by atoms with Crippen molar-refractivity contribution < 1.29 is 13.0 Å². The van der Waals surface area contributed by atoms with Crippen LogP contribution >= 0.6 is 0 Å². The molecular formula is C6H15KN2O3S. The van der Waals surface area contributed by atoms with E-state index in [0.29, 0.717) is 0 Å². The molecule has 0 spiro atoms. The van der Waals surface area contributed by atoms with Crippen LogP contribution in [0.3, 0.4) is 0 Å². The van der Waals surface area contributed by atoms with Gasteiger partial charge in [0, 0.05) is 6.04 Å². The monoisotopic (exact) mass is 234 g/mol. The van der Waals surface area contributed by atoms with Crippen LogP contribution in [0, 0.1) is 0 Å². The summed E-state index contributed by atoms with van der Waals surface area (Å²) in [4.78, 5) is 1.87. The molecule has 74 valence electrons. The van der Waals surface area contributed by atoms with Crippen LogP contribution in [-0.2, 0) is 10.3 Å². The van der Waals surface area contributed by atoms with Crippen molar-refractivity contribution >= 4 is 61.7 Å². The van der Waals surface area contributed by atoms with Crippen LogP contribution in [0.4, 0.5) is 0 Å². The van der Waals surface area contributed by atoms with Gasteiger partial charge in [-0.3, -0.25) is 4.55 Å². The van der Waals surface area contributed by atoms with Crippen molar-refractivity contribution in [3.8, 4) is 0 Å². The summed E-state index contributed by atoms with van der Waals surface area (Å²) in [6.45, 7) is 0. The predicted molar refractivity (Wildman–Crippen MR) is 51.8 cm³/mol. The maximum absolute atomic E-state index is 10.3. The molecule has 1 saturated carbocycles. The van der Waals surface area contributed by atoms with E-state index in [1.807, 2.05) is 4.83 Å². The van der Waals surface area contributed by atoms with Crippen LogP contribution in [0.1, 0.15) is 32.1 Å². The molecule has 1 aliphatic rings. The van der Waals surface area contributed by atoms with E-state index in [1.165, 1.54) is 6.42 Å². The van der Waals surface area contributed by atoms with Gasteiger partial charge in [0.15, 0.2) is 0 Å². The molecule has 0 aliphatic heterocycles. The molecule has 0 saturated heterocycles. The average Bonchev–Trinajstić information content (AvgIpc) is 2.02. The molecule has 0 aromatic heterocycles. The quantitative estimate of drug-likeness (QED) is 0.352. The predicted octanol–water partition coefficient (Wildman–Crippen LogP) is -0.432. The molecule has 1 aliphatic carbocycles.